The number of piperidine rings is 1. The number of nitrogens with one attached hydrogen (secondary N) is 1. The van der Waals surface area contributed by atoms with Crippen LogP contribution in [-0.2, 0) is 35.5 Å². The lowest BCUT2D eigenvalue weighted by molar-refractivity contribution is -0.136. The summed E-state index contributed by atoms with van der Waals surface area (Å²) in [6, 6.07) is 11.9. The maximum absolute atomic E-state index is 13.1. The van der Waals surface area contributed by atoms with Gasteiger partial charge >= 0.3 is 0 Å². The van der Waals surface area contributed by atoms with E-state index in [-0.39, 0.29) is 24.1 Å². The van der Waals surface area contributed by atoms with E-state index in [1.165, 1.54) is 16.8 Å². The molecule has 3 heterocycles. The fourth-order valence-electron chi connectivity index (χ4n) is 5.22. The van der Waals surface area contributed by atoms with E-state index in [0.717, 1.165) is 43.5 Å². The molecule has 0 bridgehead atoms. The van der Waals surface area contributed by atoms with E-state index in [9.17, 15) is 14.4 Å². The molecule has 0 saturated carbocycles. The third-order valence-corrected chi connectivity index (χ3v) is 6.83. The van der Waals surface area contributed by atoms with Gasteiger partial charge in [0.1, 0.15) is 6.04 Å². The fourth-order valence-corrected chi connectivity index (χ4v) is 5.22. The molecule has 3 amide bonds. The van der Waals surface area contributed by atoms with Crippen LogP contribution in [0.2, 0.25) is 0 Å². The topological polar surface area (TPSA) is 95.7 Å². The molecule has 3 aliphatic heterocycles. The van der Waals surface area contributed by atoms with Gasteiger partial charge in [-0.1, -0.05) is 24.3 Å². The molecular formula is C25H28N4O3. The molecule has 2 aromatic carbocycles. The molecule has 1 unspecified atom stereocenters. The molecule has 0 radical (unpaired) electrons. The second kappa shape index (κ2) is 8.39. The Kier molecular flexibility index (Phi) is 5.43. The van der Waals surface area contributed by atoms with Crippen LogP contribution in [0.3, 0.4) is 0 Å². The van der Waals surface area contributed by atoms with Crippen LogP contribution < -0.4 is 16.0 Å². The predicted octanol–water partition coefficient (Wildman–Crippen LogP) is 1.90. The first-order chi connectivity index (χ1) is 15.5. The maximum atomic E-state index is 13.1. The fraction of sp³-hybridized carbons (Fsp3) is 0.400. The monoisotopic (exact) mass is 432 g/mol. The van der Waals surface area contributed by atoms with Crippen LogP contribution in [0.5, 0.6) is 0 Å². The number of nitrogens with two attached hydrogens (primary N) is 1. The number of carbonyl (C=O) groups is 3. The maximum Gasteiger partial charge on any atom is 0.255 e. The number of anilines is 1. The van der Waals surface area contributed by atoms with Gasteiger partial charge < -0.3 is 15.5 Å². The number of hydrogen-bond acceptors (Lipinski definition) is 5. The van der Waals surface area contributed by atoms with E-state index in [0.29, 0.717) is 25.1 Å². The van der Waals surface area contributed by atoms with Crippen molar-refractivity contribution in [3.8, 4) is 0 Å². The molecule has 0 aromatic heterocycles. The standard InChI is InChI=1S/C25H28N4O3/c26-11-10-16-6-7-21-17(13-16)4-2-12-28(21)14-18-3-1-5-19-20(18)15-29(25(19)32)22-8-9-23(30)27-24(22)31/h1,3,5-7,13,22H,2,4,8-12,14-15,26H2,(H,27,30,31). The molecule has 3 N–H and O–H groups in total. The molecule has 2 aromatic rings. The Morgan fingerprint density at radius 3 is 2.78 bits per heavy atom. The highest BCUT2D eigenvalue weighted by molar-refractivity contribution is 6.05. The van der Waals surface area contributed by atoms with E-state index < -0.39 is 6.04 Å². The Morgan fingerprint density at radius 2 is 1.97 bits per heavy atom. The molecule has 0 spiro atoms. The van der Waals surface area contributed by atoms with Crippen molar-refractivity contribution in [3.05, 3.63) is 64.2 Å². The van der Waals surface area contributed by atoms with Gasteiger partial charge in [-0.2, -0.15) is 0 Å². The van der Waals surface area contributed by atoms with Gasteiger partial charge in [-0.15, -0.1) is 0 Å². The number of aryl methyl sites for hydroxylation is 1. The molecule has 166 valence electrons. The van der Waals surface area contributed by atoms with Crippen molar-refractivity contribution < 1.29 is 14.4 Å². The van der Waals surface area contributed by atoms with Crippen molar-refractivity contribution in [1.29, 1.82) is 0 Å². The van der Waals surface area contributed by atoms with Crippen molar-refractivity contribution in [3.63, 3.8) is 0 Å². The zero-order valence-electron chi connectivity index (χ0n) is 18.1. The van der Waals surface area contributed by atoms with E-state index in [1.807, 2.05) is 12.1 Å². The van der Waals surface area contributed by atoms with Crippen molar-refractivity contribution >= 4 is 23.4 Å². The number of imide groups is 1. The third kappa shape index (κ3) is 3.66. The first kappa shape index (κ1) is 20.7. The minimum Gasteiger partial charge on any atom is -0.367 e. The molecular weight excluding hydrogens is 404 g/mol. The Hall–Kier alpha value is -3.19. The van der Waals surface area contributed by atoms with Gasteiger partial charge in [-0.25, -0.2) is 0 Å². The zero-order chi connectivity index (χ0) is 22.2. The first-order valence-corrected chi connectivity index (χ1v) is 11.4. The van der Waals surface area contributed by atoms with Gasteiger partial charge in [0.05, 0.1) is 0 Å². The molecule has 32 heavy (non-hydrogen) atoms. The summed E-state index contributed by atoms with van der Waals surface area (Å²) < 4.78 is 0. The van der Waals surface area contributed by atoms with Crippen LogP contribution in [0, 0.1) is 0 Å². The molecule has 1 atom stereocenters. The van der Waals surface area contributed by atoms with Gasteiger partial charge in [0.25, 0.3) is 5.91 Å². The minimum atomic E-state index is -0.586. The van der Waals surface area contributed by atoms with Crippen molar-refractivity contribution in [1.82, 2.24) is 10.2 Å². The summed E-state index contributed by atoms with van der Waals surface area (Å²) in [4.78, 5) is 41.0. The second-order valence-electron chi connectivity index (χ2n) is 8.87. The van der Waals surface area contributed by atoms with Crippen LogP contribution >= 0.6 is 0 Å². The number of rotatable bonds is 5. The average molecular weight is 433 g/mol. The summed E-state index contributed by atoms with van der Waals surface area (Å²) in [7, 11) is 0. The summed E-state index contributed by atoms with van der Waals surface area (Å²) in [6.45, 7) is 2.75. The smallest absolute Gasteiger partial charge is 0.255 e. The van der Waals surface area contributed by atoms with E-state index >= 15 is 0 Å². The van der Waals surface area contributed by atoms with Crippen LogP contribution in [0.4, 0.5) is 5.69 Å². The number of benzene rings is 2. The first-order valence-electron chi connectivity index (χ1n) is 11.4. The van der Waals surface area contributed by atoms with Crippen molar-refractivity contribution in [2.45, 2.75) is 51.2 Å². The van der Waals surface area contributed by atoms with Gasteiger partial charge in [0.2, 0.25) is 11.8 Å². The highest BCUT2D eigenvalue weighted by atomic mass is 16.2. The predicted molar refractivity (Wildman–Crippen MR) is 121 cm³/mol. The number of nitrogens with zero attached hydrogens (tertiary/aromatic N) is 2. The second-order valence-corrected chi connectivity index (χ2v) is 8.87. The molecule has 7 nitrogen and oxygen atoms in total. The van der Waals surface area contributed by atoms with Gasteiger partial charge in [-0.3, -0.25) is 19.7 Å². The Labute approximate surface area is 187 Å². The summed E-state index contributed by atoms with van der Waals surface area (Å²) in [5.74, 6) is -0.765. The molecule has 3 aliphatic rings. The van der Waals surface area contributed by atoms with Crippen LogP contribution in [0.1, 0.15) is 51.9 Å². The Bertz CT molecular complexity index is 1100. The molecule has 1 fully saturated rings. The van der Waals surface area contributed by atoms with Crippen LogP contribution in [0.15, 0.2) is 36.4 Å². The summed E-state index contributed by atoms with van der Waals surface area (Å²) in [5.41, 5.74) is 12.4. The Balaban J connectivity index is 1.39. The summed E-state index contributed by atoms with van der Waals surface area (Å²) in [5, 5.41) is 2.37. The Morgan fingerprint density at radius 1 is 1.09 bits per heavy atom. The van der Waals surface area contributed by atoms with E-state index in [1.54, 1.807) is 4.90 Å². The van der Waals surface area contributed by atoms with Gasteiger partial charge in [0, 0.05) is 37.3 Å². The van der Waals surface area contributed by atoms with Crippen molar-refractivity contribution in [2.75, 3.05) is 18.0 Å². The van der Waals surface area contributed by atoms with Crippen LogP contribution in [0.25, 0.3) is 0 Å². The van der Waals surface area contributed by atoms with Crippen molar-refractivity contribution in [2.24, 2.45) is 5.73 Å². The van der Waals surface area contributed by atoms with E-state index in [4.69, 9.17) is 5.73 Å². The van der Waals surface area contributed by atoms with Crippen LogP contribution in [-0.4, -0.2) is 41.8 Å². The highest BCUT2D eigenvalue weighted by Crippen LogP contribution is 2.33. The highest BCUT2D eigenvalue weighted by Gasteiger charge is 2.39. The quantitative estimate of drug-likeness (QED) is 0.704. The number of carbonyl (C=O) groups excluding carboxylic acids is 3. The molecule has 1 saturated heterocycles. The zero-order valence-corrected chi connectivity index (χ0v) is 18.1. The molecule has 5 rings (SSSR count). The molecule has 0 aliphatic carbocycles. The number of amides is 3. The van der Waals surface area contributed by atoms with Gasteiger partial charge in [0.15, 0.2) is 0 Å². The third-order valence-electron chi connectivity index (χ3n) is 6.83. The lowest BCUT2D eigenvalue weighted by Gasteiger charge is -2.32. The SMILES string of the molecule is NCCc1ccc2c(c1)CCCN2Cc1cccc2c1CN(C1CCC(=O)NC1=O)C2=O. The number of fused-ring (bicyclic) bond motifs is 2. The lowest BCUT2D eigenvalue weighted by Crippen LogP contribution is -2.52. The lowest BCUT2D eigenvalue weighted by atomic mass is 9.96. The largest absolute Gasteiger partial charge is 0.367 e. The summed E-state index contributed by atoms with van der Waals surface area (Å²) in [6.07, 6.45) is 3.69. The van der Waals surface area contributed by atoms with E-state index in [2.05, 4.69) is 34.5 Å². The van der Waals surface area contributed by atoms with Gasteiger partial charge in [-0.05, 0) is 66.6 Å². The normalized spacial score (nSPS) is 20.3. The summed E-state index contributed by atoms with van der Waals surface area (Å²) >= 11 is 0. The number of hydrogen-bond donors (Lipinski definition) is 2. The average Bonchev–Trinajstić information content (AvgIpc) is 3.11. The minimum absolute atomic E-state index is 0.123. The molecule has 7 heteroatoms.